The number of sulfone groups is 1. The summed E-state index contributed by atoms with van der Waals surface area (Å²) in [4.78, 5) is 23.6. The van der Waals surface area contributed by atoms with Gasteiger partial charge < -0.3 is 10.3 Å². The van der Waals surface area contributed by atoms with Crippen molar-refractivity contribution in [2.24, 2.45) is 0 Å². The number of hydrogen-bond acceptors (Lipinski definition) is 5. The fraction of sp³-hybridized carbons (Fsp3) is 0.263. The molecule has 3 rings (SSSR count). The van der Waals surface area contributed by atoms with E-state index in [2.05, 4.69) is 0 Å². The molecule has 1 aromatic carbocycles. The summed E-state index contributed by atoms with van der Waals surface area (Å²) in [6.07, 6.45) is 10.6. The highest BCUT2D eigenvalue weighted by molar-refractivity contribution is 7.90. The lowest BCUT2D eigenvalue weighted by Gasteiger charge is -2.23. The summed E-state index contributed by atoms with van der Waals surface area (Å²) in [5, 5.41) is 1.16. The van der Waals surface area contributed by atoms with Crippen LogP contribution >= 0.6 is 0 Å². The van der Waals surface area contributed by atoms with Crippen molar-refractivity contribution in [2.45, 2.75) is 18.9 Å². The standard InChI is InChI=1S/C19H20N2O4S/c1-26(24,25)12-16(13-6-3-2-4-7-13)21-10-14-8-5-9-15(20)18(14)19(21)17(23)11-22/h3,5-11,16H,2,4,12,20H2,1H3. The molecule has 0 radical (unpaired) electrons. The minimum absolute atomic E-state index is 0.127. The van der Waals surface area contributed by atoms with Crippen LogP contribution in [0.4, 0.5) is 5.69 Å². The molecular formula is C19H20N2O4S. The number of benzene rings is 1. The smallest absolute Gasteiger partial charge is 0.242 e. The Kier molecular flexibility index (Phi) is 4.82. The van der Waals surface area contributed by atoms with Gasteiger partial charge >= 0.3 is 0 Å². The van der Waals surface area contributed by atoms with Gasteiger partial charge in [0.1, 0.15) is 15.5 Å². The van der Waals surface area contributed by atoms with E-state index in [9.17, 15) is 18.0 Å². The first kappa shape index (κ1) is 18.1. The second kappa shape index (κ2) is 6.92. The summed E-state index contributed by atoms with van der Waals surface area (Å²) in [5.74, 6) is -0.903. The Morgan fingerprint density at radius 1 is 1.35 bits per heavy atom. The number of ketones is 1. The molecule has 0 fully saturated rings. The average molecular weight is 372 g/mol. The number of aldehydes is 1. The van der Waals surface area contributed by atoms with Crippen molar-refractivity contribution in [1.29, 1.82) is 0 Å². The van der Waals surface area contributed by atoms with Crippen LogP contribution in [0.1, 0.15) is 29.4 Å². The fourth-order valence-corrected chi connectivity index (χ4v) is 4.30. The topological polar surface area (TPSA) is 99.2 Å². The molecule has 0 saturated heterocycles. The zero-order valence-corrected chi connectivity index (χ0v) is 15.2. The van der Waals surface area contributed by atoms with Crippen molar-refractivity contribution in [3.8, 4) is 0 Å². The summed E-state index contributed by atoms with van der Waals surface area (Å²) >= 11 is 0. The SMILES string of the molecule is CS(=O)(=O)CC(C1=CCCC=C1)n1cc2cccc(N)c2c1C(=O)C=O. The Morgan fingerprint density at radius 3 is 2.73 bits per heavy atom. The molecule has 0 spiro atoms. The molecule has 0 saturated carbocycles. The Hall–Kier alpha value is -2.67. The number of carbonyl (C=O) groups is 2. The number of aromatic nitrogens is 1. The van der Waals surface area contributed by atoms with Crippen LogP contribution < -0.4 is 5.73 Å². The Labute approximate surface area is 151 Å². The van der Waals surface area contributed by atoms with Gasteiger partial charge in [0.25, 0.3) is 0 Å². The number of nitrogen functional groups attached to an aromatic ring is 1. The number of anilines is 1. The van der Waals surface area contributed by atoms with Crippen LogP contribution in [0, 0.1) is 0 Å². The molecule has 6 nitrogen and oxygen atoms in total. The van der Waals surface area contributed by atoms with E-state index in [1.54, 1.807) is 29.0 Å². The molecule has 0 bridgehead atoms. The number of hydrogen-bond donors (Lipinski definition) is 1. The van der Waals surface area contributed by atoms with Crippen LogP contribution in [0.5, 0.6) is 0 Å². The maximum Gasteiger partial charge on any atom is 0.242 e. The number of nitrogens with zero attached hydrogens (tertiary/aromatic N) is 1. The molecule has 2 aromatic rings. The first-order chi connectivity index (χ1) is 12.3. The molecule has 1 atom stereocenters. The monoisotopic (exact) mass is 372 g/mol. The van der Waals surface area contributed by atoms with E-state index in [4.69, 9.17) is 5.73 Å². The number of nitrogens with two attached hydrogens (primary N) is 1. The van der Waals surface area contributed by atoms with Crippen molar-refractivity contribution in [3.63, 3.8) is 0 Å². The van der Waals surface area contributed by atoms with Crippen LogP contribution in [0.3, 0.4) is 0 Å². The van der Waals surface area contributed by atoms with Gasteiger partial charge in [-0.1, -0.05) is 30.4 Å². The van der Waals surface area contributed by atoms with Crippen molar-refractivity contribution >= 4 is 38.4 Å². The van der Waals surface area contributed by atoms with E-state index in [0.29, 0.717) is 16.5 Å². The predicted molar refractivity (Wildman–Crippen MR) is 102 cm³/mol. The van der Waals surface area contributed by atoms with Gasteiger partial charge in [-0.15, -0.1) is 0 Å². The third-order valence-electron chi connectivity index (χ3n) is 4.45. The Morgan fingerprint density at radius 2 is 2.12 bits per heavy atom. The van der Waals surface area contributed by atoms with E-state index in [1.807, 2.05) is 18.2 Å². The van der Waals surface area contributed by atoms with E-state index in [-0.39, 0.29) is 17.7 Å². The van der Waals surface area contributed by atoms with E-state index in [1.165, 1.54) is 0 Å². The third-order valence-corrected chi connectivity index (χ3v) is 5.37. The lowest BCUT2D eigenvalue weighted by molar-refractivity contribution is -0.104. The van der Waals surface area contributed by atoms with Crippen molar-refractivity contribution < 1.29 is 18.0 Å². The van der Waals surface area contributed by atoms with Gasteiger partial charge in [-0.25, -0.2) is 8.42 Å². The Bertz CT molecular complexity index is 1040. The van der Waals surface area contributed by atoms with Crippen LogP contribution in [0.15, 0.2) is 48.2 Å². The molecule has 26 heavy (non-hydrogen) atoms. The van der Waals surface area contributed by atoms with Gasteiger partial charge in [-0.05, 0) is 24.5 Å². The summed E-state index contributed by atoms with van der Waals surface area (Å²) in [7, 11) is -3.34. The molecule has 1 aliphatic carbocycles. The van der Waals surface area contributed by atoms with E-state index >= 15 is 0 Å². The highest BCUT2D eigenvalue weighted by atomic mass is 32.2. The largest absolute Gasteiger partial charge is 0.398 e. The lowest BCUT2D eigenvalue weighted by atomic mass is 10.0. The number of fused-ring (bicyclic) bond motifs is 1. The van der Waals surface area contributed by atoms with Crippen molar-refractivity contribution in [2.75, 3.05) is 17.7 Å². The van der Waals surface area contributed by atoms with Crippen LogP contribution in [-0.2, 0) is 14.6 Å². The van der Waals surface area contributed by atoms with Crippen LogP contribution in [0.2, 0.25) is 0 Å². The highest BCUT2D eigenvalue weighted by Gasteiger charge is 2.27. The quantitative estimate of drug-likeness (QED) is 0.363. The van der Waals surface area contributed by atoms with Gasteiger partial charge in [-0.2, -0.15) is 0 Å². The van der Waals surface area contributed by atoms with Gasteiger partial charge in [0.2, 0.25) is 5.78 Å². The summed E-state index contributed by atoms with van der Waals surface area (Å²) < 4.78 is 25.7. The highest BCUT2D eigenvalue weighted by Crippen LogP contribution is 2.33. The molecule has 2 N–H and O–H groups in total. The van der Waals surface area contributed by atoms with Crippen molar-refractivity contribution in [1.82, 2.24) is 4.57 Å². The molecule has 7 heteroatoms. The second-order valence-corrected chi connectivity index (χ2v) is 8.66. The number of allylic oxidation sites excluding steroid dienone is 4. The summed E-state index contributed by atoms with van der Waals surface area (Å²) in [6.45, 7) is 0. The molecule has 136 valence electrons. The minimum Gasteiger partial charge on any atom is -0.398 e. The molecule has 1 unspecified atom stereocenters. The first-order valence-electron chi connectivity index (χ1n) is 8.24. The summed E-state index contributed by atoms with van der Waals surface area (Å²) in [5.41, 5.74) is 7.35. The van der Waals surface area contributed by atoms with Crippen LogP contribution in [-0.4, -0.2) is 37.1 Å². The fourth-order valence-electron chi connectivity index (χ4n) is 3.37. The predicted octanol–water partition coefficient (Wildman–Crippen LogP) is 2.47. The van der Waals surface area contributed by atoms with Gasteiger partial charge in [0, 0.05) is 28.9 Å². The van der Waals surface area contributed by atoms with Gasteiger partial charge in [-0.3, -0.25) is 9.59 Å². The van der Waals surface area contributed by atoms with E-state index in [0.717, 1.165) is 24.7 Å². The molecule has 0 amide bonds. The molecular weight excluding hydrogens is 352 g/mol. The molecule has 1 aliphatic rings. The van der Waals surface area contributed by atoms with Gasteiger partial charge in [0.15, 0.2) is 6.29 Å². The maximum absolute atomic E-state index is 12.4. The van der Waals surface area contributed by atoms with Crippen LogP contribution in [0.25, 0.3) is 10.8 Å². The average Bonchev–Trinajstić information content (AvgIpc) is 2.99. The molecule has 1 aromatic heterocycles. The minimum atomic E-state index is -3.34. The van der Waals surface area contributed by atoms with Gasteiger partial charge in [0.05, 0.1) is 11.8 Å². The second-order valence-electron chi connectivity index (χ2n) is 6.47. The number of Topliss-reactive ketones (excluding diaryl/α,β-unsaturated/α-hetero) is 1. The normalized spacial score (nSPS) is 15.7. The van der Waals surface area contributed by atoms with E-state index < -0.39 is 21.7 Å². The molecule has 0 aliphatic heterocycles. The lowest BCUT2D eigenvalue weighted by Crippen LogP contribution is -2.24. The number of rotatable bonds is 6. The third kappa shape index (κ3) is 3.48. The summed E-state index contributed by atoms with van der Waals surface area (Å²) in [6, 6.07) is 4.58. The Balaban J connectivity index is 2.29. The maximum atomic E-state index is 12.4. The molecule has 1 heterocycles. The first-order valence-corrected chi connectivity index (χ1v) is 10.3. The zero-order valence-electron chi connectivity index (χ0n) is 14.4. The van der Waals surface area contributed by atoms with Crippen molar-refractivity contribution in [3.05, 3.63) is 53.9 Å². The number of carbonyl (C=O) groups excluding carboxylic acids is 2. The zero-order chi connectivity index (χ0) is 18.9.